The maximum absolute atomic E-state index is 3.48. The van der Waals surface area contributed by atoms with E-state index in [2.05, 4.69) is 297 Å². The van der Waals surface area contributed by atoms with Crippen molar-refractivity contribution in [3.63, 3.8) is 0 Å². The van der Waals surface area contributed by atoms with E-state index in [1.165, 1.54) is 75.4 Å². The van der Waals surface area contributed by atoms with Gasteiger partial charge in [0.1, 0.15) is 0 Å². The topological polar surface area (TPSA) is 0 Å². The zero-order valence-corrected chi connectivity index (χ0v) is 65.4. The average molecular weight is 1490 g/mol. The molecule has 4 radical (unpaired) electrons. The van der Waals surface area contributed by atoms with Gasteiger partial charge in [0.2, 0.25) is 0 Å². The van der Waals surface area contributed by atoms with Gasteiger partial charge in [0.15, 0.2) is 0 Å². The molecular formula is C88H72Y4-8. The Balaban J connectivity index is 0.000000212. The maximum atomic E-state index is 3.48. The third-order valence-electron chi connectivity index (χ3n) is 14.6. The summed E-state index contributed by atoms with van der Waals surface area (Å²) >= 11 is 0. The second-order valence-electron chi connectivity index (χ2n) is 19.7. The van der Waals surface area contributed by atoms with Gasteiger partial charge in [0.05, 0.1) is 0 Å². The molecule has 444 valence electrons. The molecule has 16 aromatic rings. The fraction of sp³-hybridized carbons (Fsp3) is 0.0909. The Labute approximate surface area is 648 Å². The van der Waals surface area contributed by atoms with Crippen LogP contribution < -0.4 is 0 Å². The molecule has 0 saturated heterocycles. The molecule has 0 spiro atoms. The minimum Gasteiger partial charge on any atom is -0.226 e. The first-order valence-electron chi connectivity index (χ1n) is 30.9. The van der Waals surface area contributed by atoms with Crippen LogP contribution in [0.5, 0.6) is 0 Å². The van der Waals surface area contributed by atoms with Crippen molar-refractivity contribution in [2.24, 2.45) is 0 Å². The van der Waals surface area contributed by atoms with Gasteiger partial charge in [0.25, 0.3) is 0 Å². The molecule has 4 heteroatoms. The Kier molecular flexibility index (Phi) is 33.6. The van der Waals surface area contributed by atoms with Gasteiger partial charge in [-0.3, -0.25) is 0 Å². The minimum atomic E-state index is 0. The van der Waals surface area contributed by atoms with Gasteiger partial charge < -0.3 is 0 Å². The summed E-state index contributed by atoms with van der Waals surface area (Å²) in [4.78, 5) is 0. The first kappa shape index (κ1) is 76.7. The third kappa shape index (κ3) is 19.3. The molecule has 0 heterocycles. The summed E-state index contributed by atoms with van der Waals surface area (Å²) in [5.41, 5.74) is 8.84. The molecule has 16 rings (SSSR count). The van der Waals surface area contributed by atoms with Crippen molar-refractivity contribution in [1.82, 2.24) is 0 Å². The van der Waals surface area contributed by atoms with E-state index >= 15 is 0 Å². The predicted molar refractivity (Wildman–Crippen MR) is 384 cm³/mol. The van der Waals surface area contributed by atoms with E-state index in [0.717, 1.165) is 55.3 Å². The normalized spacial score (nSPS) is 9.83. The van der Waals surface area contributed by atoms with Crippen molar-refractivity contribution in [3.8, 4) is 44.5 Å². The van der Waals surface area contributed by atoms with Crippen LogP contribution in [0.15, 0.2) is 291 Å². The van der Waals surface area contributed by atoms with Gasteiger partial charge >= 0.3 is 0 Å². The fourth-order valence-electron chi connectivity index (χ4n) is 10.5. The number of hydrogen-bond acceptors (Lipinski definition) is 0. The summed E-state index contributed by atoms with van der Waals surface area (Å²) in [7, 11) is 0. The second kappa shape index (κ2) is 40.3. The van der Waals surface area contributed by atoms with Gasteiger partial charge in [0, 0.05) is 131 Å². The monoisotopic (exact) mass is 1480 g/mol. The third-order valence-corrected chi connectivity index (χ3v) is 14.6. The number of hydrogen-bond donors (Lipinski definition) is 0. The van der Waals surface area contributed by atoms with Crippen LogP contribution in [0.1, 0.15) is 55.4 Å². The zero-order valence-electron chi connectivity index (χ0n) is 54.0. The second-order valence-corrected chi connectivity index (χ2v) is 19.7. The molecule has 0 aromatic heterocycles. The van der Waals surface area contributed by atoms with Crippen LogP contribution in [0.3, 0.4) is 0 Å². The Bertz CT molecular complexity index is 4450. The van der Waals surface area contributed by atoms with Crippen LogP contribution in [0.25, 0.3) is 131 Å². The molecule has 0 fully saturated rings. The van der Waals surface area contributed by atoms with E-state index in [1.54, 1.807) is 0 Å². The summed E-state index contributed by atoms with van der Waals surface area (Å²) in [5.74, 6) is 0. The summed E-state index contributed by atoms with van der Waals surface area (Å²) in [6.45, 7) is 16.0. The maximum Gasteiger partial charge on any atom is 0 e. The van der Waals surface area contributed by atoms with Crippen molar-refractivity contribution >= 4 is 86.2 Å². The molecule has 0 unspecified atom stereocenters. The van der Waals surface area contributed by atoms with Crippen molar-refractivity contribution in [2.75, 3.05) is 0 Å². The standard InChI is InChI=1S/4C20H12.4C2H6.4Y/c1-3-11-17-15(7-1)9-5-13-19(17)20-14-6-10-16-8-2-4-12-18(16)20;2*1-3-7-17-13-19(11-9-15(17)5-1)20-12-10-16-6-2-4-8-18(16)14-20;1-2-8-17-14-18(13-12-15(17)6-1)20-11-5-9-16-7-3-4-10-19(16)20;4*1-2;;;;/h1-12H;1-10,13-14H;1-12H;1-10,12,14H;4*1-2H3;;;;/q4*-2;;;;;;;;. The Morgan fingerprint density at radius 1 is 0.196 bits per heavy atom. The number of benzene rings is 16. The SMILES string of the molecule is CC.CC.CC.CC.[Y].[Y].[Y].[Y].[c-]1c(-c2[c-]c3ccccc3cc2)ccc2ccccc12.[c-]1cc2ccccc2cc1-c1[c-]cc2ccccc2c1.[c-]1cc2ccccc2cc1-c1[c-]ccc2ccccc12.[c-]1ccc2ccccc2c1-c1[c-]ccc2ccccc12. The summed E-state index contributed by atoms with van der Waals surface area (Å²) < 4.78 is 0. The van der Waals surface area contributed by atoms with Crippen molar-refractivity contribution < 1.29 is 131 Å². The van der Waals surface area contributed by atoms with E-state index in [4.69, 9.17) is 0 Å². The van der Waals surface area contributed by atoms with Gasteiger partial charge in [-0.15, -0.1) is 154 Å². The largest absolute Gasteiger partial charge is 0.226 e. The molecule has 0 aliphatic carbocycles. The molecule has 92 heavy (non-hydrogen) atoms. The molecule has 0 N–H and O–H groups in total. The predicted octanol–water partition coefficient (Wildman–Crippen LogP) is 25.1. The van der Waals surface area contributed by atoms with Crippen LogP contribution in [0.4, 0.5) is 0 Å². The van der Waals surface area contributed by atoms with Gasteiger partial charge in [-0.1, -0.05) is 230 Å². The van der Waals surface area contributed by atoms with E-state index in [-0.39, 0.29) is 131 Å². The quantitative estimate of drug-likeness (QED) is 0.154. The van der Waals surface area contributed by atoms with Gasteiger partial charge in [-0.2, -0.15) is 108 Å². The van der Waals surface area contributed by atoms with E-state index in [9.17, 15) is 0 Å². The summed E-state index contributed by atoms with van der Waals surface area (Å²) in [6, 6.07) is 128. The van der Waals surface area contributed by atoms with Crippen LogP contribution in [-0.2, 0) is 131 Å². The summed E-state index contributed by atoms with van der Waals surface area (Å²) in [6.07, 6.45) is 0. The molecule has 0 amide bonds. The first-order valence-corrected chi connectivity index (χ1v) is 30.9. The Hall–Kier alpha value is -5.98. The molecular weight excluding hydrogens is 1410 g/mol. The number of rotatable bonds is 4. The van der Waals surface area contributed by atoms with Crippen LogP contribution >= 0.6 is 0 Å². The van der Waals surface area contributed by atoms with Crippen LogP contribution in [-0.4, -0.2) is 0 Å². The summed E-state index contributed by atoms with van der Waals surface area (Å²) in [5, 5.41) is 19.5. The fourth-order valence-corrected chi connectivity index (χ4v) is 10.5. The number of fused-ring (bicyclic) bond motifs is 8. The molecule has 0 atom stereocenters. The van der Waals surface area contributed by atoms with Gasteiger partial charge in [-0.05, 0) is 0 Å². The molecule has 0 bridgehead atoms. The van der Waals surface area contributed by atoms with Crippen LogP contribution in [0.2, 0.25) is 0 Å². The molecule has 16 aromatic carbocycles. The smallest absolute Gasteiger partial charge is 0 e. The van der Waals surface area contributed by atoms with Crippen molar-refractivity contribution in [3.05, 3.63) is 340 Å². The molecule has 0 saturated carbocycles. The first-order chi connectivity index (χ1) is 43.6. The van der Waals surface area contributed by atoms with Crippen LogP contribution in [0, 0.1) is 48.5 Å². The zero-order chi connectivity index (χ0) is 61.5. The average Bonchev–Trinajstić information content (AvgIpc) is 0.844. The van der Waals surface area contributed by atoms with E-state index < -0.39 is 0 Å². The molecule has 0 aliphatic rings. The molecule has 0 aliphatic heterocycles. The minimum absolute atomic E-state index is 0. The van der Waals surface area contributed by atoms with Crippen molar-refractivity contribution in [2.45, 2.75) is 55.4 Å². The van der Waals surface area contributed by atoms with E-state index in [1.807, 2.05) is 97.9 Å². The van der Waals surface area contributed by atoms with E-state index in [0.29, 0.717) is 0 Å². The molecule has 0 nitrogen and oxygen atoms in total. The Morgan fingerprint density at radius 2 is 0.457 bits per heavy atom. The van der Waals surface area contributed by atoms with Gasteiger partial charge in [-0.25, -0.2) is 33.4 Å². The van der Waals surface area contributed by atoms with Crippen molar-refractivity contribution in [1.29, 1.82) is 0 Å². The Morgan fingerprint density at radius 3 is 0.815 bits per heavy atom.